The standard InChI is InChI=1S/C20H26N6O3/c27-18-9-14(20(28)24-18)8-15-12-22-26-16(21-11-13-2-3-13)10-17(23-19(15)26)25-4-1-6-29-7-5-25/h8,10,12-13,18,21,27H,1-7,9,11H2,(H,24,28)/b14-8+. The van der Waals surface area contributed by atoms with Crippen molar-refractivity contribution in [2.45, 2.75) is 31.9 Å². The fraction of sp³-hybridized carbons (Fsp3) is 0.550. The van der Waals surface area contributed by atoms with E-state index in [1.807, 2.05) is 0 Å². The van der Waals surface area contributed by atoms with Gasteiger partial charge in [-0.25, -0.2) is 4.98 Å². The molecule has 2 aliphatic heterocycles. The number of nitrogens with zero attached hydrogens (tertiary/aromatic N) is 4. The largest absolute Gasteiger partial charge is 0.380 e. The van der Waals surface area contributed by atoms with Crippen LogP contribution in [0.2, 0.25) is 0 Å². The lowest BCUT2D eigenvalue weighted by Crippen LogP contribution is -2.27. The number of fused-ring (bicyclic) bond motifs is 1. The number of ether oxygens (including phenoxy) is 1. The molecule has 1 aliphatic carbocycles. The number of aliphatic hydroxyl groups is 1. The van der Waals surface area contributed by atoms with Crippen molar-refractivity contribution >= 4 is 29.3 Å². The minimum absolute atomic E-state index is 0.246. The van der Waals surface area contributed by atoms with Crippen LogP contribution < -0.4 is 15.5 Å². The second kappa shape index (κ2) is 7.64. The Morgan fingerprint density at radius 1 is 1.34 bits per heavy atom. The third kappa shape index (κ3) is 3.92. The monoisotopic (exact) mass is 398 g/mol. The Labute approximate surface area is 168 Å². The van der Waals surface area contributed by atoms with E-state index in [2.05, 4.69) is 26.7 Å². The van der Waals surface area contributed by atoms with Crippen molar-refractivity contribution in [3.8, 4) is 0 Å². The van der Waals surface area contributed by atoms with Crippen LogP contribution in [-0.4, -0.2) is 64.7 Å². The summed E-state index contributed by atoms with van der Waals surface area (Å²) in [7, 11) is 0. The highest BCUT2D eigenvalue weighted by molar-refractivity contribution is 6.00. The zero-order chi connectivity index (χ0) is 19.8. The van der Waals surface area contributed by atoms with Gasteiger partial charge >= 0.3 is 0 Å². The lowest BCUT2D eigenvalue weighted by atomic mass is 10.1. The summed E-state index contributed by atoms with van der Waals surface area (Å²) in [6.45, 7) is 4.07. The zero-order valence-corrected chi connectivity index (χ0v) is 16.3. The fourth-order valence-corrected chi connectivity index (χ4v) is 3.81. The Morgan fingerprint density at radius 3 is 3.03 bits per heavy atom. The molecule has 2 saturated heterocycles. The number of carbonyl (C=O) groups excluding carboxylic acids is 1. The van der Waals surface area contributed by atoms with Gasteiger partial charge in [0.2, 0.25) is 5.91 Å². The average Bonchev–Trinajstić information content (AvgIpc) is 3.44. The van der Waals surface area contributed by atoms with E-state index >= 15 is 0 Å². The summed E-state index contributed by atoms with van der Waals surface area (Å²) in [5, 5.41) is 20.2. The number of anilines is 2. The molecule has 1 saturated carbocycles. The second-order valence-corrected chi connectivity index (χ2v) is 7.98. The van der Waals surface area contributed by atoms with Crippen molar-refractivity contribution in [2.75, 3.05) is 43.1 Å². The van der Waals surface area contributed by atoms with Crippen LogP contribution in [0, 0.1) is 5.92 Å². The van der Waals surface area contributed by atoms with Crippen LogP contribution in [-0.2, 0) is 9.53 Å². The Hall–Kier alpha value is -2.65. The Morgan fingerprint density at radius 2 is 2.24 bits per heavy atom. The zero-order valence-electron chi connectivity index (χ0n) is 16.3. The Kier molecular flexibility index (Phi) is 4.84. The van der Waals surface area contributed by atoms with Gasteiger partial charge in [-0.2, -0.15) is 9.61 Å². The highest BCUT2D eigenvalue weighted by Crippen LogP contribution is 2.30. The van der Waals surface area contributed by atoms with E-state index < -0.39 is 6.23 Å². The summed E-state index contributed by atoms with van der Waals surface area (Å²) >= 11 is 0. The molecule has 0 bridgehead atoms. The molecular weight excluding hydrogens is 372 g/mol. The lowest BCUT2D eigenvalue weighted by Gasteiger charge is -2.22. The van der Waals surface area contributed by atoms with Gasteiger partial charge < -0.3 is 25.4 Å². The minimum atomic E-state index is -0.827. The minimum Gasteiger partial charge on any atom is -0.380 e. The highest BCUT2D eigenvalue weighted by atomic mass is 16.5. The quantitative estimate of drug-likeness (QED) is 0.646. The fourth-order valence-electron chi connectivity index (χ4n) is 3.81. The molecule has 1 unspecified atom stereocenters. The van der Waals surface area contributed by atoms with Gasteiger partial charge in [-0.15, -0.1) is 0 Å². The molecule has 3 fully saturated rings. The van der Waals surface area contributed by atoms with Crippen LogP contribution in [0.5, 0.6) is 0 Å². The molecule has 9 heteroatoms. The molecule has 3 N–H and O–H groups in total. The number of aromatic nitrogens is 3. The van der Waals surface area contributed by atoms with Crippen molar-refractivity contribution in [1.29, 1.82) is 0 Å². The van der Waals surface area contributed by atoms with Gasteiger partial charge in [0.1, 0.15) is 17.9 Å². The molecule has 3 aliphatic rings. The number of hydrogen-bond acceptors (Lipinski definition) is 7. The molecule has 2 aromatic rings. The van der Waals surface area contributed by atoms with E-state index in [9.17, 15) is 9.90 Å². The number of nitrogens with one attached hydrogen (secondary N) is 2. The van der Waals surface area contributed by atoms with Gasteiger partial charge in [0.05, 0.1) is 12.8 Å². The van der Waals surface area contributed by atoms with E-state index in [-0.39, 0.29) is 12.3 Å². The predicted octanol–water partition coefficient (Wildman–Crippen LogP) is 1.000. The van der Waals surface area contributed by atoms with Gasteiger partial charge in [-0.1, -0.05) is 0 Å². The Bertz CT molecular complexity index is 943. The summed E-state index contributed by atoms with van der Waals surface area (Å²) < 4.78 is 7.39. The third-order valence-corrected chi connectivity index (χ3v) is 5.63. The molecule has 29 heavy (non-hydrogen) atoms. The van der Waals surface area contributed by atoms with Crippen molar-refractivity contribution < 1.29 is 14.6 Å². The molecule has 0 aromatic carbocycles. The van der Waals surface area contributed by atoms with Crippen LogP contribution in [0.15, 0.2) is 17.8 Å². The van der Waals surface area contributed by atoms with Gasteiger partial charge in [0.25, 0.3) is 0 Å². The maximum absolute atomic E-state index is 12.0. The first-order valence-corrected chi connectivity index (χ1v) is 10.3. The normalized spacial score (nSPS) is 24.2. The van der Waals surface area contributed by atoms with Crippen molar-refractivity contribution in [2.24, 2.45) is 5.92 Å². The molecule has 4 heterocycles. The van der Waals surface area contributed by atoms with Gasteiger partial charge in [-0.3, -0.25) is 4.79 Å². The molecule has 5 rings (SSSR count). The average molecular weight is 398 g/mol. The first-order valence-electron chi connectivity index (χ1n) is 10.3. The summed E-state index contributed by atoms with van der Waals surface area (Å²) in [5.74, 6) is 2.28. The summed E-state index contributed by atoms with van der Waals surface area (Å²) in [5.41, 5.74) is 2.01. The number of aliphatic hydroxyl groups excluding tert-OH is 1. The van der Waals surface area contributed by atoms with E-state index in [4.69, 9.17) is 9.72 Å². The van der Waals surface area contributed by atoms with Crippen LogP contribution in [0.4, 0.5) is 11.6 Å². The molecule has 0 radical (unpaired) electrons. The van der Waals surface area contributed by atoms with Crippen LogP contribution >= 0.6 is 0 Å². The molecule has 0 spiro atoms. The predicted molar refractivity (Wildman–Crippen MR) is 109 cm³/mol. The van der Waals surface area contributed by atoms with Crippen molar-refractivity contribution in [3.63, 3.8) is 0 Å². The van der Waals surface area contributed by atoms with E-state index in [0.717, 1.165) is 55.8 Å². The number of hydrogen-bond donors (Lipinski definition) is 3. The Balaban J connectivity index is 1.54. The molecule has 1 atom stereocenters. The van der Waals surface area contributed by atoms with Crippen LogP contribution in [0.25, 0.3) is 11.7 Å². The van der Waals surface area contributed by atoms with Gasteiger partial charge in [0, 0.05) is 49.9 Å². The number of rotatable bonds is 5. The maximum Gasteiger partial charge on any atom is 0.249 e. The van der Waals surface area contributed by atoms with Gasteiger partial charge in [-0.05, 0) is 31.3 Å². The summed E-state index contributed by atoms with van der Waals surface area (Å²) in [4.78, 5) is 19.2. The third-order valence-electron chi connectivity index (χ3n) is 5.63. The van der Waals surface area contributed by atoms with Gasteiger partial charge in [0.15, 0.2) is 5.65 Å². The van der Waals surface area contributed by atoms with E-state index in [1.165, 1.54) is 12.8 Å². The topological polar surface area (TPSA) is 104 Å². The van der Waals surface area contributed by atoms with Crippen molar-refractivity contribution in [3.05, 3.63) is 23.4 Å². The molecule has 9 nitrogen and oxygen atoms in total. The molecule has 2 aromatic heterocycles. The van der Waals surface area contributed by atoms with E-state index in [1.54, 1.807) is 16.8 Å². The smallest absolute Gasteiger partial charge is 0.249 e. The first kappa shape index (κ1) is 18.4. The lowest BCUT2D eigenvalue weighted by molar-refractivity contribution is -0.117. The summed E-state index contributed by atoms with van der Waals surface area (Å²) in [6.07, 6.45) is 6.47. The molecule has 154 valence electrons. The SMILES string of the molecule is O=C1NC(O)C/C1=C\c1cnn2c(NCC3CC3)cc(N3CCCOCC3)nc12. The second-order valence-electron chi connectivity index (χ2n) is 7.98. The first-order chi connectivity index (χ1) is 14.2. The van der Waals surface area contributed by atoms with Crippen molar-refractivity contribution in [1.82, 2.24) is 19.9 Å². The number of carbonyl (C=O) groups is 1. The molecule has 1 amide bonds. The van der Waals surface area contributed by atoms with E-state index in [0.29, 0.717) is 17.8 Å². The summed E-state index contributed by atoms with van der Waals surface area (Å²) in [6, 6.07) is 2.05. The molecular formula is C20H26N6O3. The maximum atomic E-state index is 12.0. The van der Waals surface area contributed by atoms with Crippen LogP contribution in [0.3, 0.4) is 0 Å². The van der Waals surface area contributed by atoms with Crippen LogP contribution in [0.1, 0.15) is 31.2 Å². The number of amides is 1. The highest BCUT2D eigenvalue weighted by Gasteiger charge is 2.25.